The van der Waals surface area contributed by atoms with E-state index < -0.39 is 0 Å². The summed E-state index contributed by atoms with van der Waals surface area (Å²) in [5.41, 5.74) is 1.29. The molecule has 0 aliphatic carbocycles. The Kier molecular flexibility index (Phi) is 3.74. The van der Waals surface area contributed by atoms with Crippen molar-refractivity contribution in [2.24, 2.45) is 0 Å². The summed E-state index contributed by atoms with van der Waals surface area (Å²) in [5, 5.41) is 3.53. The summed E-state index contributed by atoms with van der Waals surface area (Å²) in [6, 6.07) is 8.41. The first-order valence-electron chi connectivity index (χ1n) is 7.32. The minimum absolute atomic E-state index is 0.111. The fraction of sp³-hybridized carbons (Fsp3) is 0.438. The topological polar surface area (TPSA) is 39.1 Å². The summed E-state index contributed by atoms with van der Waals surface area (Å²) in [6.07, 6.45) is 4.94. The van der Waals surface area contributed by atoms with E-state index in [0.717, 1.165) is 31.1 Å². The Bertz CT molecular complexity index is 554. The van der Waals surface area contributed by atoms with E-state index in [1.807, 2.05) is 24.5 Å². The third-order valence-electron chi connectivity index (χ3n) is 3.83. The normalized spacial score (nSPS) is 18.6. The number of rotatable bonds is 5. The van der Waals surface area contributed by atoms with Gasteiger partial charge in [-0.25, -0.2) is 4.98 Å². The minimum Gasteiger partial charge on any atom is -0.488 e. The highest BCUT2D eigenvalue weighted by Crippen LogP contribution is 2.33. The molecule has 2 heterocycles. The summed E-state index contributed by atoms with van der Waals surface area (Å²) < 4.78 is 8.31. The van der Waals surface area contributed by atoms with Crippen molar-refractivity contribution >= 4 is 0 Å². The third-order valence-corrected chi connectivity index (χ3v) is 3.83. The van der Waals surface area contributed by atoms with Gasteiger partial charge in [0, 0.05) is 25.4 Å². The second kappa shape index (κ2) is 5.67. The molecule has 3 rings (SSSR count). The molecule has 1 aromatic heterocycles. The van der Waals surface area contributed by atoms with Gasteiger partial charge in [0.25, 0.3) is 0 Å². The van der Waals surface area contributed by atoms with Gasteiger partial charge in [-0.05, 0) is 25.1 Å². The van der Waals surface area contributed by atoms with Gasteiger partial charge < -0.3 is 14.6 Å². The highest BCUT2D eigenvalue weighted by molar-refractivity contribution is 5.38. The maximum Gasteiger partial charge on any atom is 0.129 e. The monoisotopic (exact) mass is 271 g/mol. The van der Waals surface area contributed by atoms with Crippen LogP contribution in [0.2, 0.25) is 0 Å². The Hall–Kier alpha value is -1.81. The molecule has 0 saturated carbocycles. The molecule has 0 fully saturated rings. The molecular weight excluding hydrogens is 250 g/mol. The Morgan fingerprint density at radius 1 is 1.40 bits per heavy atom. The maximum atomic E-state index is 6.13. The largest absolute Gasteiger partial charge is 0.488 e. The van der Waals surface area contributed by atoms with Crippen molar-refractivity contribution < 1.29 is 4.74 Å². The van der Waals surface area contributed by atoms with E-state index in [1.54, 1.807) is 0 Å². The van der Waals surface area contributed by atoms with E-state index >= 15 is 0 Å². The van der Waals surface area contributed by atoms with Crippen LogP contribution in [0.15, 0.2) is 36.7 Å². The Labute approximate surface area is 119 Å². The Balaban J connectivity index is 1.86. The van der Waals surface area contributed by atoms with Gasteiger partial charge in [0.1, 0.15) is 23.7 Å². The third kappa shape index (κ3) is 2.31. The lowest BCUT2D eigenvalue weighted by Gasteiger charge is -2.24. The van der Waals surface area contributed by atoms with Crippen LogP contribution in [0, 0.1) is 0 Å². The molecule has 1 aliphatic heterocycles. The van der Waals surface area contributed by atoms with Crippen molar-refractivity contribution in [3.05, 3.63) is 48.0 Å². The number of fused-ring (bicyclic) bond motifs is 1. The van der Waals surface area contributed by atoms with Crippen LogP contribution in [0.25, 0.3) is 0 Å². The fourth-order valence-electron chi connectivity index (χ4n) is 2.87. The van der Waals surface area contributed by atoms with Gasteiger partial charge in [-0.15, -0.1) is 0 Å². The number of para-hydroxylation sites is 1. The van der Waals surface area contributed by atoms with Crippen LogP contribution in [0.3, 0.4) is 0 Å². The van der Waals surface area contributed by atoms with E-state index in [1.165, 1.54) is 5.56 Å². The molecule has 0 bridgehead atoms. The maximum absolute atomic E-state index is 6.13. The predicted octanol–water partition coefficient (Wildman–Crippen LogP) is 2.56. The molecule has 106 valence electrons. The highest BCUT2D eigenvalue weighted by Gasteiger charge is 2.33. The van der Waals surface area contributed by atoms with Crippen molar-refractivity contribution in [1.29, 1.82) is 0 Å². The van der Waals surface area contributed by atoms with Crippen molar-refractivity contribution in [3.8, 4) is 5.75 Å². The van der Waals surface area contributed by atoms with Crippen LogP contribution in [0.5, 0.6) is 5.75 Å². The molecule has 0 saturated heterocycles. The Morgan fingerprint density at radius 2 is 2.25 bits per heavy atom. The second-order valence-electron chi connectivity index (χ2n) is 5.07. The van der Waals surface area contributed by atoms with Gasteiger partial charge in [-0.1, -0.05) is 25.1 Å². The van der Waals surface area contributed by atoms with Gasteiger partial charge in [-0.2, -0.15) is 0 Å². The van der Waals surface area contributed by atoms with Gasteiger partial charge in [0.15, 0.2) is 0 Å². The molecule has 2 atom stereocenters. The first-order valence-corrected chi connectivity index (χ1v) is 7.32. The summed E-state index contributed by atoms with van der Waals surface area (Å²) in [6.45, 7) is 6.08. The molecular formula is C16H21N3O. The molecule has 0 amide bonds. The van der Waals surface area contributed by atoms with Crippen LogP contribution in [-0.2, 0) is 13.0 Å². The SMILES string of the molecule is CCNC(c1nccn1CC)C1Cc2ccccc2O1. The minimum atomic E-state index is 0.111. The number of benzene rings is 1. The molecule has 2 unspecified atom stereocenters. The fourth-order valence-corrected chi connectivity index (χ4v) is 2.87. The van der Waals surface area contributed by atoms with Crippen LogP contribution in [-0.4, -0.2) is 22.2 Å². The number of aryl methyl sites for hydroxylation is 1. The molecule has 1 N–H and O–H groups in total. The van der Waals surface area contributed by atoms with Crippen molar-refractivity contribution in [2.75, 3.05) is 6.54 Å². The second-order valence-corrected chi connectivity index (χ2v) is 5.07. The van der Waals surface area contributed by atoms with Gasteiger partial charge in [0.05, 0.1) is 0 Å². The Morgan fingerprint density at radius 3 is 3.00 bits per heavy atom. The van der Waals surface area contributed by atoms with E-state index in [-0.39, 0.29) is 12.1 Å². The molecule has 1 aliphatic rings. The summed E-state index contributed by atoms with van der Waals surface area (Å²) in [5.74, 6) is 2.07. The number of ether oxygens (including phenoxy) is 1. The number of hydrogen-bond donors (Lipinski definition) is 1. The number of nitrogens with zero attached hydrogens (tertiary/aromatic N) is 2. The lowest BCUT2D eigenvalue weighted by atomic mass is 10.0. The molecule has 0 radical (unpaired) electrons. The van der Waals surface area contributed by atoms with Crippen LogP contribution < -0.4 is 10.1 Å². The summed E-state index contributed by atoms with van der Waals surface area (Å²) >= 11 is 0. The first-order chi connectivity index (χ1) is 9.83. The zero-order valence-electron chi connectivity index (χ0n) is 12.0. The zero-order valence-corrected chi connectivity index (χ0v) is 12.0. The van der Waals surface area contributed by atoms with Crippen LogP contribution >= 0.6 is 0 Å². The van der Waals surface area contributed by atoms with Gasteiger partial charge in [0.2, 0.25) is 0 Å². The number of nitrogens with one attached hydrogen (secondary N) is 1. The van der Waals surface area contributed by atoms with E-state index in [4.69, 9.17) is 4.74 Å². The smallest absolute Gasteiger partial charge is 0.129 e. The number of aromatic nitrogens is 2. The molecule has 1 aromatic carbocycles. The zero-order chi connectivity index (χ0) is 13.9. The summed E-state index contributed by atoms with van der Waals surface area (Å²) in [7, 11) is 0. The van der Waals surface area contributed by atoms with Crippen molar-refractivity contribution in [3.63, 3.8) is 0 Å². The first kappa shape index (κ1) is 13.2. The average molecular weight is 271 g/mol. The van der Waals surface area contributed by atoms with Crippen LogP contribution in [0.1, 0.15) is 31.3 Å². The van der Waals surface area contributed by atoms with Crippen molar-refractivity contribution in [2.45, 2.75) is 39.0 Å². The molecule has 4 nitrogen and oxygen atoms in total. The van der Waals surface area contributed by atoms with E-state index in [2.05, 4.69) is 40.8 Å². The average Bonchev–Trinajstić information content (AvgIpc) is 3.10. The molecule has 0 spiro atoms. The molecule has 4 heteroatoms. The number of likely N-dealkylation sites (N-methyl/N-ethyl adjacent to an activating group) is 1. The number of imidazole rings is 1. The molecule has 20 heavy (non-hydrogen) atoms. The summed E-state index contributed by atoms with van der Waals surface area (Å²) in [4.78, 5) is 4.53. The van der Waals surface area contributed by atoms with Gasteiger partial charge in [-0.3, -0.25) is 0 Å². The van der Waals surface area contributed by atoms with Crippen LogP contribution in [0.4, 0.5) is 0 Å². The quantitative estimate of drug-likeness (QED) is 0.908. The molecule has 2 aromatic rings. The standard InChI is InChI=1S/C16H21N3O/c1-3-17-15(16-18-9-10-19(16)4-2)14-11-12-7-5-6-8-13(12)20-14/h5-10,14-15,17H,3-4,11H2,1-2H3. The lowest BCUT2D eigenvalue weighted by Crippen LogP contribution is -2.36. The van der Waals surface area contributed by atoms with E-state index in [0.29, 0.717) is 0 Å². The lowest BCUT2D eigenvalue weighted by molar-refractivity contribution is 0.172. The highest BCUT2D eigenvalue weighted by atomic mass is 16.5. The van der Waals surface area contributed by atoms with Gasteiger partial charge >= 0.3 is 0 Å². The predicted molar refractivity (Wildman–Crippen MR) is 78.9 cm³/mol. The number of hydrogen-bond acceptors (Lipinski definition) is 3. The van der Waals surface area contributed by atoms with E-state index in [9.17, 15) is 0 Å². The van der Waals surface area contributed by atoms with Crippen molar-refractivity contribution in [1.82, 2.24) is 14.9 Å².